The largest absolute Gasteiger partial charge is 0.486 e. The summed E-state index contributed by atoms with van der Waals surface area (Å²) >= 11 is 1.52. The normalized spacial score (nSPS) is 11.6. The fraction of sp³-hybridized carbons (Fsp3) is 0.190. The number of aromatic nitrogens is 1. The topological polar surface area (TPSA) is 77.5 Å². The molecule has 0 radical (unpaired) electrons. The number of esters is 1. The van der Waals surface area contributed by atoms with E-state index in [-0.39, 0.29) is 12.2 Å². The predicted octanol–water partition coefficient (Wildman–Crippen LogP) is 4.35. The standard InChI is InChI=1S/C21H19FN2O4S/c1-13(20(25)24-16-9-7-15(22)8-10-16)28-21(26)18-5-3-4-6-19(18)27-11-17-12-29-14(2)23-17/h3-10,12-13H,11H2,1-2H3,(H,24,25)/t13-/m0/s1. The highest BCUT2D eigenvalue weighted by atomic mass is 32.1. The summed E-state index contributed by atoms with van der Waals surface area (Å²) in [4.78, 5) is 29.1. The monoisotopic (exact) mass is 414 g/mol. The van der Waals surface area contributed by atoms with Gasteiger partial charge in [-0.1, -0.05) is 12.1 Å². The van der Waals surface area contributed by atoms with Gasteiger partial charge in [0.15, 0.2) is 6.10 Å². The van der Waals surface area contributed by atoms with Crippen LogP contribution in [-0.4, -0.2) is 23.0 Å². The molecule has 0 aliphatic heterocycles. The first kappa shape index (κ1) is 20.5. The number of hydrogen-bond donors (Lipinski definition) is 1. The zero-order valence-electron chi connectivity index (χ0n) is 15.8. The van der Waals surface area contributed by atoms with E-state index in [0.29, 0.717) is 11.4 Å². The Morgan fingerprint density at radius 2 is 1.90 bits per heavy atom. The van der Waals surface area contributed by atoms with Crippen LogP contribution in [0.2, 0.25) is 0 Å². The maximum absolute atomic E-state index is 13.0. The summed E-state index contributed by atoms with van der Waals surface area (Å²) in [5, 5.41) is 5.38. The molecule has 1 heterocycles. The Labute approximate surface area is 171 Å². The minimum atomic E-state index is -1.05. The minimum absolute atomic E-state index is 0.209. The van der Waals surface area contributed by atoms with Gasteiger partial charge in [-0.25, -0.2) is 14.2 Å². The number of halogens is 1. The SMILES string of the molecule is Cc1nc(COc2ccccc2C(=O)O[C@@H](C)C(=O)Nc2ccc(F)cc2)cs1. The molecule has 8 heteroatoms. The van der Waals surface area contributed by atoms with E-state index >= 15 is 0 Å². The fourth-order valence-electron chi connectivity index (χ4n) is 2.44. The lowest BCUT2D eigenvalue weighted by atomic mass is 10.2. The van der Waals surface area contributed by atoms with Crippen LogP contribution in [0.5, 0.6) is 5.75 Å². The lowest BCUT2D eigenvalue weighted by Gasteiger charge is -2.15. The maximum atomic E-state index is 13.0. The van der Waals surface area contributed by atoms with E-state index < -0.39 is 23.8 Å². The van der Waals surface area contributed by atoms with Crippen molar-refractivity contribution in [3.63, 3.8) is 0 Å². The Morgan fingerprint density at radius 3 is 2.59 bits per heavy atom. The van der Waals surface area contributed by atoms with Gasteiger partial charge in [-0.3, -0.25) is 4.79 Å². The summed E-state index contributed by atoms with van der Waals surface area (Å²) in [7, 11) is 0. The number of carbonyl (C=O) groups is 2. The quantitative estimate of drug-likeness (QED) is 0.582. The Morgan fingerprint density at radius 1 is 1.17 bits per heavy atom. The van der Waals surface area contributed by atoms with Gasteiger partial charge in [-0.2, -0.15) is 0 Å². The second-order valence-electron chi connectivity index (χ2n) is 6.19. The van der Waals surface area contributed by atoms with Gasteiger partial charge in [0.25, 0.3) is 5.91 Å². The number of aryl methyl sites for hydroxylation is 1. The van der Waals surface area contributed by atoms with Crippen molar-refractivity contribution in [1.29, 1.82) is 0 Å². The Balaban J connectivity index is 1.62. The van der Waals surface area contributed by atoms with Crippen molar-refractivity contribution in [2.75, 3.05) is 5.32 Å². The molecule has 1 aromatic heterocycles. The lowest BCUT2D eigenvalue weighted by molar-refractivity contribution is -0.123. The molecule has 1 atom stereocenters. The smallest absolute Gasteiger partial charge is 0.342 e. The number of thiazole rings is 1. The number of anilines is 1. The van der Waals surface area contributed by atoms with Crippen LogP contribution in [0.25, 0.3) is 0 Å². The summed E-state index contributed by atoms with van der Waals surface area (Å²) in [5.74, 6) is -1.28. The highest BCUT2D eigenvalue weighted by Crippen LogP contribution is 2.21. The number of carbonyl (C=O) groups excluding carboxylic acids is 2. The molecule has 1 N–H and O–H groups in total. The van der Waals surface area contributed by atoms with Gasteiger partial charge in [-0.15, -0.1) is 11.3 Å². The third-order valence-electron chi connectivity index (χ3n) is 3.91. The highest BCUT2D eigenvalue weighted by Gasteiger charge is 2.21. The minimum Gasteiger partial charge on any atom is -0.486 e. The summed E-state index contributed by atoms with van der Waals surface area (Å²) in [6.45, 7) is 3.57. The van der Waals surface area contributed by atoms with Gasteiger partial charge in [-0.05, 0) is 50.2 Å². The van der Waals surface area contributed by atoms with Gasteiger partial charge in [0.1, 0.15) is 23.7 Å². The van der Waals surface area contributed by atoms with Crippen LogP contribution >= 0.6 is 11.3 Å². The third kappa shape index (κ3) is 5.61. The van der Waals surface area contributed by atoms with E-state index in [1.54, 1.807) is 24.3 Å². The molecule has 150 valence electrons. The van der Waals surface area contributed by atoms with E-state index in [4.69, 9.17) is 9.47 Å². The molecule has 0 fully saturated rings. The van der Waals surface area contributed by atoms with Crippen LogP contribution in [-0.2, 0) is 16.1 Å². The van der Waals surface area contributed by atoms with Crippen LogP contribution in [0.4, 0.5) is 10.1 Å². The number of ether oxygens (including phenoxy) is 2. The molecular weight excluding hydrogens is 395 g/mol. The molecule has 0 aliphatic rings. The molecule has 3 rings (SSSR count). The van der Waals surface area contributed by atoms with E-state index in [0.717, 1.165) is 10.7 Å². The van der Waals surface area contributed by atoms with Gasteiger partial charge >= 0.3 is 5.97 Å². The highest BCUT2D eigenvalue weighted by molar-refractivity contribution is 7.09. The van der Waals surface area contributed by atoms with Crippen molar-refractivity contribution >= 4 is 28.9 Å². The van der Waals surface area contributed by atoms with Crippen LogP contribution in [0.15, 0.2) is 53.9 Å². The zero-order valence-corrected chi connectivity index (χ0v) is 16.7. The second kappa shape index (κ2) is 9.29. The van der Waals surface area contributed by atoms with Crippen LogP contribution in [0.1, 0.15) is 28.0 Å². The molecule has 0 saturated carbocycles. The van der Waals surface area contributed by atoms with Crippen LogP contribution in [0, 0.1) is 12.7 Å². The fourth-order valence-corrected chi connectivity index (χ4v) is 3.04. The van der Waals surface area contributed by atoms with Gasteiger partial charge in [0, 0.05) is 11.1 Å². The van der Waals surface area contributed by atoms with Gasteiger partial charge < -0.3 is 14.8 Å². The Kier molecular flexibility index (Phi) is 6.56. The molecule has 0 unspecified atom stereocenters. The third-order valence-corrected chi connectivity index (χ3v) is 4.74. The number of nitrogens with one attached hydrogen (secondary N) is 1. The van der Waals surface area contributed by atoms with E-state index in [9.17, 15) is 14.0 Å². The molecular formula is C21H19FN2O4S. The molecule has 1 amide bonds. The number of hydrogen-bond acceptors (Lipinski definition) is 6. The number of rotatable bonds is 7. The van der Waals surface area contributed by atoms with Crippen LogP contribution in [0.3, 0.4) is 0 Å². The average Bonchev–Trinajstić information content (AvgIpc) is 3.13. The number of amides is 1. The first-order chi connectivity index (χ1) is 13.9. The van der Waals surface area contributed by atoms with Crippen LogP contribution < -0.4 is 10.1 Å². The summed E-state index contributed by atoms with van der Waals surface area (Å²) in [6, 6.07) is 11.9. The van der Waals surface area contributed by atoms with Crippen molar-refractivity contribution in [3.8, 4) is 5.75 Å². The first-order valence-electron chi connectivity index (χ1n) is 8.82. The predicted molar refractivity (Wildman–Crippen MR) is 108 cm³/mol. The van der Waals surface area contributed by atoms with E-state index in [1.807, 2.05) is 12.3 Å². The summed E-state index contributed by atoms with van der Waals surface area (Å²) in [5.41, 5.74) is 1.38. The Hall–Kier alpha value is -3.26. The van der Waals surface area contributed by atoms with E-state index in [1.165, 1.54) is 42.5 Å². The summed E-state index contributed by atoms with van der Waals surface area (Å²) in [6.07, 6.45) is -1.05. The molecule has 0 spiro atoms. The Bertz CT molecular complexity index is 1000. The number of benzene rings is 2. The molecule has 0 bridgehead atoms. The molecule has 6 nitrogen and oxygen atoms in total. The van der Waals surface area contributed by atoms with Gasteiger partial charge in [0.05, 0.1) is 10.7 Å². The second-order valence-corrected chi connectivity index (χ2v) is 7.25. The van der Waals surface area contributed by atoms with Crippen molar-refractivity contribution in [2.45, 2.75) is 26.6 Å². The zero-order chi connectivity index (χ0) is 20.8. The van der Waals surface area contributed by atoms with Crippen molar-refractivity contribution < 1.29 is 23.5 Å². The van der Waals surface area contributed by atoms with E-state index in [2.05, 4.69) is 10.3 Å². The van der Waals surface area contributed by atoms with Crippen molar-refractivity contribution in [3.05, 3.63) is 76.0 Å². The maximum Gasteiger partial charge on any atom is 0.342 e. The summed E-state index contributed by atoms with van der Waals surface area (Å²) < 4.78 is 23.9. The molecule has 29 heavy (non-hydrogen) atoms. The molecule has 0 saturated heterocycles. The van der Waals surface area contributed by atoms with Gasteiger partial charge in [0.2, 0.25) is 0 Å². The van der Waals surface area contributed by atoms with Crippen molar-refractivity contribution in [2.24, 2.45) is 0 Å². The first-order valence-corrected chi connectivity index (χ1v) is 9.70. The lowest BCUT2D eigenvalue weighted by Crippen LogP contribution is -2.30. The van der Waals surface area contributed by atoms with Crippen molar-refractivity contribution in [1.82, 2.24) is 4.98 Å². The molecule has 3 aromatic rings. The molecule has 2 aromatic carbocycles. The number of para-hydroxylation sites is 1. The number of nitrogens with zero attached hydrogens (tertiary/aromatic N) is 1. The average molecular weight is 414 g/mol. The molecule has 0 aliphatic carbocycles.